The standard InChI is InChI=1S/C17H35N/c1-12(2)9-15(7)10-17(8)16(14(5)6)18(17)11-13(3)4/h12-16H,9-11H2,1-8H3. The van der Waals surface area contributed by atoms with Gasteiger partial charge in [-0.1, -0.05) is 48.5 Å². The molecule has 0 aliphatic carbocycles. The average molecular weight is 253 g/mol. The van der Waals surface area contributed by atoms with Crippen LogP contribution in [0.3, 0.4) is 0 Å². The van der Waals surface area contributed by atoms with Crippen molar-refractivity contribution in [3.05, 3.63) is 0 Å². The molecule has 1 rings (SSSR count). The smallest absolute Gasteiger partial charge is 0.0345 e. The largest absolute Gasteiger partial charge is 0.291 e. The minimum atomic E-state index is 0.479. The van der Waals surface area contributed by atoms with Gasteiger partial charge in [0, 0.05) is 18.1 Å². The highest BCUT2D eigenvalue weighted by Crippen LogP contribution is 2.50. The molecule has 0 radical (unpaired) electrons. The van der Waals surface area contributed by atoms with E-state index in [2.05, 4.69) is 60.3 Å². The lowest BCUT2D eigenvalue weighted by atomic mass is 9.86. The van der Waals surface area contributed by atoms with Gasteiger partial charge in [-0.15, -0.1) is 0 Å². The molecule has 0 spiro atoms. The summed E-state index contributed by atoms with van der Waals surface area (Å²) in [4.78, 5) is 2.76. The maximum absolute atomic E-state index is 2.76. The third-order valence-corrected chi connectivity index (χ3v) is 4.39. The highest BCUT2D eigenvalue weighted by Gasteiger charge is 2.59. The molecule has 18 heavy (non-hydrogen) atoms. The van der Waals surface area contributed by atoms with E-state index >= 15 is 0 Å². The van der Waals surface area contributed by atoms with Gasteiger partial charge in [-0.25, -0.2) is 0 Å². The summed E-state index contributed by atoms with van der Waals surface area (Å²) in [7, 11) is 0. The minimum Gasteiger partial charge on any atom is -0.291 e. The fourth-order valence-electron chi connectivity index (χ4n) is 4.15. The van der Waals surface area contributed by atoms with E-state index in [0.29, 0.717) is 5.54 Å². The monoisotopic (exact) mass is 253 g/mol. The van der Waals surface area contributed by atoms with Crippen molar-refractivity contribution >= 4 is 0 Å². The SMILES string of the molecule is CC(C)CC(C)CC1(C)C(C(C)C)N1CC(C)C. The molecule has 0 amide bonds. The lowest BCUT2D eigenvalue weighted by Gasteiger charge is -2.20. The Kier molecular flexibility index (Phi) is 5.29. The van der Waals surface area contributed by atoms with Crippen LogP contribution < -0.4 is 0 Å². The van der Waals surface area contributed by atoms with Gasteiger partial charge in [0.05, 0.1) is 0 Å². The molecule has 0 aromatic rings. The van der Waals surface area contributed by atoms with E-state index in [0.717, 1.165) is 29.7 Å². The van der Waals surface area contributed by atoms with Crippen LogP contribution in [0.15, 0.2) is 0 Å². The fourth-order valence-corrected chi connectivity index (χ4v) is 4.15. The molecular formula is C17H35N. The lowest BCUT2D eigenvalue weighted by molar-refractivity contribution is 0.305. The summed E-state index contributed by atoms with van der Waals surface area (Å²) in [5.74, 6) is 3.26. The molecule has 4 unspecified atom stereocenters. The van der Waals surface area contributed by atoms with Crippen molar-refractivity contribution in [3.8, 4) is 0 Å². The van der Waals surface area contributed by atoms with Gasteiger partial charge in [0.2, 0.25) is 0 Å². The lowest BCUT2D eigenvalue weighted by Crippen LogP contribution is -2.21. The Hall–Kier alpha value is -0.0400. The molecule has 1 aliphatic rings. The first-order valence-corrected chi connectivity index (χ1v) is 7.95. The molecule has 1 fully saturated rings. The third kappa shape index (κ3) is 3.73. The number of rotatable bonds is 7. The predicted molar refractivity (Wildman–Crippen MR) is 81.8 cm³/mol. The Bertz CT molecular complexity index is 256. The molecule has 4 atom stereocenters. The summed E-state index contributed by atoms with van der Waals surface area (Å²) >= 11 is 0. The van der Waals surface area contributed by atoms with E-state index in [-0.39, 0.29) is 0 Å². The van der Waals surface area contributed by atoms with E-state index in [4.69, 9.17) is 0 Å². The second-order valence-electron chi connectivity index (χ2n) is 8.03. The van der Waals surface area contributed by atoms with E-state index in [9.17, 15) is 0 Å². The third-order valence-electron chi connectivity index (χ3n) is 4.39. The molecule has 1 heteroatoms. The summed E-state index contributed by atoms with van der Waals surface area (Å²) < 4.78 is 0. The van der Waals surface area contributed by atoms with E-state index in [1.54, 1.807) is 0 Å². The molecule has 0 saturated carbocycles. The molecule has 0 aromatic carbocycles. The normalized spacial score (nSPS) is 33.5. The second-order valence-corrected chi connectivity index (χ2v) is 8.03. The quantitative estimate of drug-likeness (QED) is 0.588. The zero-order valence-electron chi connectivity index (χ0n) is 14.0. The zero-order chi connectivity index (χ0) is 14.1. The van der Waals surface area contributed by atoms with Crippen LogP contribution in [0.1, 0.15) is 68.2 Å². The first-order chi connectivity index (χ1) is 8.18. The van der Waals surface area contributed by atoms with Gasteiger partial charge in [0.1, 0.15) is 0 Å². The van der Waals surface area contributed by atoms with Crippen LogP contribution in [0.25, 0.3) is 0 Å². The first kappa shape index (κ1) is 16.0. The minimum absolute atomic E-state index is 0.479. The van der Waals surface area contributed by atoms with Crippen LogP contribution in [0, 0.1) is 23.7 Å². The average Bonchev–Trinajstić information content (AvgIpc) is 2.66. The van der Waals surface area contributed by atoms with E-state index in [1.807, 2.05) is 0 Å². The predicted octanol–water partition coefficient (Wildman–Crippen LogP) is 4.81. The maximum Gasteiger partial charge on any atom is 0.0345 e. The van der Waals surface area contributed by atoms with Crippen LogP contribution in [0.2, 0.25) is 0 Å². The Balaban J connectivity index is 2.60. The summed E-state index contributed by atoms with van der Waals surface area (Å²) in [5, 5.41) is 0. The van der Waals surface area contributed by atoms with Crippen molar-refractivity contribution < 1.29 is 0 Å². The van der Waals surface area contributed by atoms with Crippen LogP contribution >= 0.6 is 0 Å². The van der Waals surface area contributed by atoms with Gasteiger partial charge in [0.25, 0.3) is 0 Å². The van der Waals surface area contributed by atoms with Crippen molar-refractivity contribution in [2.45, 2.75) is 79.8 Å². The van der Waals surface area contributed by atoms with Gasteiger partial charge in [0.15, 0.2) is 0 Å². The topological polar surface area (TPSA) is 3.01 Å². The number of hydrogen-bond donors (Lipinski definition) is 0. The van der Waals surface area contributed by atoms with Gasteiger partial charge in [-0.2, -0.15) is 0 Å². The van der Waals surface area contributed by atoms with Crippen LogP contribution in [-0.4, -0.2) is 23.0 Å². The summed E-state index contributed by atoms with van der Waals surface area (Å²) in [6.07, 6.45) is 2.75. The van der Waals surface area contributed by atoms with Crippen LogP contribution in [-0.2, 0) is 0 Å². The molecule has 0 bridgehead atoms. The summed E-state index contributed by atoms with van der Waals surface area (Å²) in [6.45, 7) is 20.3. The second kappa shape index (κ2) is 5.94. The number of hydrogen-bond acceptors (Lipinski definition) is 1. The molecule has 1 heterocycles. The van der Waals surface area contributed by atoms with Crippen LogP contribution in [0.4, 0.5) is 0 Å². The van der Waals surface area contributed by atoms with Gasteiger partial charge in [-0.3, -0.25) is 4.90 Å². The van der Waals surface area contributed by atoms with Crippen molar-refractivity contribution in [2.24, 2.45) is 23.7 Å². The Morgan fingerprint density at radius 2 is 1.50 bits per heavy atom. The Morgan fingerprint density at radius 3 is 1.89 bits per heavy atom. The number of nitrogens with zero attached hydrogens (tertiary/aromatic N) is 1. The maximum atomic E-state index is 2.76. The molecule has 1 saturated heterocycles. The first-order valence-electron chi connectivity index (χ1n) is 7.95. The molecule has 108 valence electrons. The zero-order valence-corrected chi connectivity index (χ0v) is 14.0. The Morgan fingerprint density at radius 1 is 0.944 bits per heavy atom. The molecule has 1 nitrogen and oxygen atoms in total. The highest BCUT2D eigenvalue weighted by atomic mass is 15.4. The van der Waals surface area contributed by atoms with Gasteiger partial charge >= 0.3 is 0 Å². The fraction of sp³-hybridized carbons (Fsp3) is 1.00. The Labute approximate surface area is 115 Å². The van der Waals surface area contributed by atoms with Gasteiger partial charge in [-0.05, 0) is 43.4 Å². The molecule has 1 aliphatic heterocycles. The van der Waals surface area contributed by atoms with E-state index < -0.39 is 0 Å². The molecule has 0 aromatic heterocycles. The molecular weight excluding hydrogens is 218 g/mol. The van der Waals surface area contributed by atoms with E-state index in [1.165, 1.54) is 19.4 Å². The van der Waals surface area contributed by atoms with Crippen LogP contribution in [0.5, 0.6) is 0 Å². The van der Waals surface area contributed by atoms with Crippen molar-refractivity contribution in [3.63, 3.8) is 0 Å². The molecule has 0 N–H and O–H groups in total. The van der Waals surface area contributed by atoms with Crippen molar-refractivity contribution in [2.75, 3.05) is 6.54 Å². The summed E-state index contributed by atoms with van der Waals surface area (Å²) in [5.41, 5.74) is 0.479. The van der Waals surface area contributed by atoms with Crippen molar-refractivity contribution in [1.82, 2.24) is 4.90 Å². The summed E-state index contributed by atoms with van der Waals surface area (Å²) in [6, 6.07) is 0.814. The van der Waals surface area contributed by atoms with Gasteiger partial charge < -0.3 is 0 Å². The highest BCUT2D eigenvalue weighted by molar-refractivity contribution is 5.15. The van der Waals surface area contributed by atoms with Crippen molar-refractivity contribution in [1.29, 1.82) is 0 Å².